The number of piperidine rings is 3. The topological polar surface area (TPSA) is 44.7 Å². The normalized spacial score (nSPS) is 47.2. The highest BCUT2D eigenvalue weighted by Crippen LogP contribution is 2.57. The minimum atomic E-state index is -0.895. The predicted octanol–water partition coefficient (Wildman–Crippen LogP) is 2.54. The van der Waals surface area contributed by atoms with Crippen molar-refractivity contribution in [1.29, 1.82) is 0 Å². The summed E-state index contributed by atoms with van der Waals surface area (Å²) in [5, 5.41) is 15.2. The summed E-state index contributed by atoms with van der Waals surface area (Å²) < 4.78 is 6.31. The first kappa shape index (κ1) is 14.3. The average Bonchev–Trinajstić information content (AvgIpc) is 3.05. The Balaban J connectivity index is 1.56. The van der Waals surface area contributed by atoms with Crippen molar-refractivity contribution in [2.45, 2.75) is 50.0 Å². The van der Waals surface area contributed by atoms with Crippen LogP contribution in [-0.4, -0.2) is 41.5 Å². The Bertz CT molecular complexity index is 636. The summed E-state index contributed by atoms with van der Waals surface area (Å²) in [6.45, 7) is 5.24. The van der Waals surface area contributed by atoms with Gasteiger partial charge in [-0.25, -0.2) is 0 Å². The van der Waals surface area contributed by atoms with Crippen LogP contribution in [0.5, 0.6) is 0 Å². The molecule has 4 nitrogen and oxygen atoms in total. The molecule has 124 valence electrons. The Morgan fingerprint density at radius 1 is 1.39 bits per heavy atom. The van der Waals surface area contributed by atoms with E-state index in [9.17, 15) is 5.11 Å². The monoisotopic (exact) mass is 314 g/mol. The molecular formula is C19H26N2O2. The molecule has 23 heavy (non-hydrogen) atoms. The van der Waals surface area contributed by atoms with Crippen LogP contribution in [0.3, 0.4) is 0 Å². The number of para-hydroxylation sites is 1. The van der Waals surface area contributed by atoms with Gasteiger partial charge in [-0.3, -0.25) is 4.90 Å². The second-order valence-corrected chi connectivity index (χ2v) is 7.83. The summed E-state index contributed by atoms with van der Waals surface area (Å²) in [4.78, 5) is 2.59. The van der Waals surface area contributed by atoms with Gasteiger partial charge in [0.1, 0.15) is 5.60 Å². The molecule has 1 aromatic carbocycles. The number of benzene rings is 1. The molecule has 0 spiro atoms. The lowest BCUT2D eigenvalue weighted by Crippen LogP contribution is -2.68. The molecular weight excluding hydrogens is 288 g/mol. The Hall–Kier alpha value is -1.10. The second kappa shape index (κ2) is 4.71. The molecule has 2 N–H and O–H groups in total. The van der Waals surface area contributed by atoms with Crippen LogP contribution < -0.4 is 5.32 Å². The van der Waals surface area contributed by atoms with E-state index >= 15 is 0 Å². The van der Waals surface area contributed by atoms with Crippen molar-refractivity contribution in [3.8, 4) is 0 Å². The van der Waals surface area contributed by atoms with E-state index in [0.717, 1.165) is 42.6 Å². The van der Waals surface area contributed by atoms with Crippen LogP contribution in [0.4, 0.5) is 5.69 Å². The minimum Gasteiger partial charge on any atom is -0.380 e. The molecule has 0 radical (unpaired) electrons. The van der Waals surface area contributed by atoms with Gasteiger partial charge < -0.3 is 15.2 Å². The molecule has 4 fully saturated rings. The van der Waals surface area contributed by atoms with Crippen molar-refractivity contribution in [3.63, 3.8) is 0 Å². The van der Waals surface area contributed by atoms with Gasteiger partial charge in [-0.2, -0.15) is 0 Å². The Kier molecular flexibility index (Phi) is 2.92. The highest BCUT2D eigenvalue weighted by atomic mass is 16.5. The first-order valence-electron chi connectivity index (χ1n) is 9.16. The zero-order valence-corrected chi connectivity index (χ0v) is 13.8. The first-order valence-corrected chi connectivity index (χ1v) is 9.16. The van der Waals surface area contributed by atoms with Crippen molar-refractivity contribution < 1.29 is 9.84 Å². The minimum absolute atomic E-state index is 0.268. The number of hydrogen-bond acceptors (Lipinski definition) is 4. The smallest absolute Gasteiger partial charge is 0.187 e. The molecule has 5 aliphatic rings. The molecule has 5 aliphatic heterocycles. The van der Waals surface area contributed by atoms with Crippen LogP contribution in [0.15, 0.2) is 24.3 Å². The van der Waals surface area contributed by atoms with Crippen molar-refractivity contribution in [2.24, 2.45) is 11.8 Å². The molecule has 6 rings (SSSR count). The van der Waals surface area contributed by atoms with Crippen molar-refractivity contribution in [2.75, 3.05) is 25.0 Å². The van der Waals surface area contributed by atoms with Crippen LogP contribution in [0.25, 0.3) is 0 Å². The number of hydrogen-bond donors (Lipinski definition) is 2. The maximum absolute atomic E-state index is 11.6. The van der Waals surface area contributed by atoms with Crippen molar-refractivity contribution >= 4 is 5.69 Å². The van der Waals surface area contributed by atoms with Crippen LogP contribution in [0.2, 0.25) is 0 Å². The summed E-state index contributed by atoms with van der Waals surface area (Å²) in [6.07, 6.45) is 4.39. The molecule has 1 aromatic rings. The van der Waals surface area contributed by atoms with Gasteiger partial charge in [0.25, 0.3) is 0 Å². The van der Waals surface area contributed by atoms with Crippen LogP contribution in [0, 0.1) is 11.8 Å². The van der Waals surface area contributed by atoms with E-state index in [4.69, 9.17) is 4.74 Å². The highest BCUT2D eigenvalue weighted by Gasteiger charge is 2.67. The quantitative estimate of drug-likeness (QED) is 0.880. The number of fused-ring (bicyclic) bond motifs is 7. The van der Waals surface area contributed by atoms with E-state index in [2.05, 4.69) is 29.3 Å². The van der Waals surface area contributed by atoms with Gasteiger partial charge in [-0.05, 0) is 37.3 Å². The third-order valence-electron chi connectivity index (χ3n) is 6.98. The fourth-order valence-corrected chi connectivity index (χ4v) is 5.77. The van der Waals surface area contributed by atoms with Gasteiger partial charge in [0.15, 0.2) is 5.72 Å². The number of anilines is 1. The number of aliphatic hydroxyl groups is 1. The lowest BCUT2D eigenvalue weighted by molar-refractivity contribution is -0.172. The van der Waals surface area contributed by atoms with Crippen molar-refractivity contribution in [1.82, 2.24) is 4.90 Å². The Morgan fingerprint density at radius 2 is 2.26 bits per heavy atom. The third kappa shape index (κ3) is 1.67. The van der Waals surface area contributed by atoms with E-state index in [0.29, 0.717) is 13.0 Å². The van der Waals surface area contributed by atoms with Crippen LogP contribution in [-0.2, 0) is 10.3 Å². The van der Waals surface area contributed by atoms with E-state index in [1.807, 2.05) is 12.1 Å². The zero-order chi connectivity index (χ0) is 15.7. The number of nitrogens with one attached hydrogen (secondary N) is 1. The van der Waals surface area contributed by atoms with Gasteiger partial charge in [-0.1, -0.05) is 31.5 Å². The summed E-state index contributed by atoms with van der Waals surface area (Å²) in [6, 6.07) is 8.45. The van der Waals surface area contributed by atoms with E-state index in [-0.39, 0.29) is 6.04 Å². The fraction of sp³-hybridized carbons (Fsp3) is 0.684. The maximum atomic E-state index is 11.6. The molecule has 6 atom stereocenters. The van der Waals surface area contributed by atoms with E-state index < -0.39 is 11.3 Å². The molecule has 4 saturated heterocycles. The zero-order valence-electron chi connectivity index (χ0n) is 13.8. The summed E-state index contributed by atoms with van der Waals surface area (Å²) >= 11 is 0. The number of rotatable bonds is 2. The number of ether oxygens (including phenoxy) is 1. The molecule has 0 aromatic heterocycles. The molecule has 0 amide bonds. The Labute approximate surface area is 137 Å². The van der Waals surface area contributed by atoms with Gasteiger partial charge in [0.05, 0.1) is 12.6 Å². The van der Waals surface area contributed by atoms with Gasteiger partial charge in [0.2, 0.25) is 0 Å². The third-order valence-corrected chi connectivity index (χ3v) is 6.98. The van der Waals surface area contributed by atoms with Crippen LogP contribution in [0.1, 0.15) is 38.2 Å². The SMILES string of the molecule is CC[C@H]1CN2CC[C@@H]1C[C@@H]2[C@]12Nc3ccccc3[C@@]1(O)CCO2. The van der Waals surface area contributed by atoms with Gasteiger partial charge >= 0.3 is 0 Å². The fourth-order valence-electron chi connectivity index (χ4n) is 5.77. The molecule has 0 aliphatic carbocycles. The largest absolute Gasteiger partial charge is 0.380 e. The van der Waals surface area contributed by atoms with Gasteiger partial charge in [-0.15, -0.1) is 0 Å². The highest BCUT2D eigenvalue weighted by molar-refractivity contribution is 5.63. The van der Waals surface area contributed by atoms with Crippen molar-refractivity contribution in [3.05, 3.63) is 29.8 Å². The first-order chi connectivity index (χ1) is 11.2. The maximum Gasteiger partial charge on any atom is 0.187 e. The van der Waals surface area contributed by atoms with E-state index in [1.54, 1.807) is 0 Å². The predicted molar refractivity (Wildman–Crippen MR) is 89.1 cm³/mol. The molecule has 5 heterocycles. The number of nitrogens with zero attached hydrogens (tertiary/aromatic N) is 1. The molecule has 0 saturated carbocycles. The standard InChI is InChI=1S/C19H26N2O2/c1-2-13-12-21-9-7-14(13)11-17(21)19-18(22,8-10-23-19)15-5-3-4-6-16(15)20-19/h3-6,13-14,17,20,22H,2,7-12H2,1H3/t13-,14+,17+,18-,19+/m0/s1. The molecule has 1 unspecified atom stereocenters. The lowest BCUT2D eigenvalue weighted by Gasteiger charge is -2.56. The molecule has 4 heteroatoms. The summed E-state index contributed by atoms with van der Waals surface area (Å²) in [5.41, 5.74) is 0.512. The summed E-state index contributed by atoms with van der Waals surface area (Å²) in [5.74, 6) is 1.60. The molecule has 2 bridgehead atoms. The second-order valence-electron chi connectivity index (χ2n) is 7.83. The van der Waals surface area contributed by atoms with Gasteiger partial charge in [0, 0.05) is 24.2 Å². The average molecular weight is 314 g/mol. The van der Waals surface area contributed by atoms with E-state index in [1.165, 1.54) is 12.8 Å². The van der Waals surface area contributed by atoms with Crippen LogP contribution >= 0.6 is 0 Å². The summed E-state index contributed by atoms with van der Waals surface area (Å²) in [7, 11) is 0. The lowest BCUT2D eigenvalue weighted by atomic mass is 9.69. The Morgan fingerprint density at radius 3 is 3.04 bits per heavy atom.